The van der Waals surface area contributed by atoms with E-state index >= 15 is 0 Å². The van der Waals surface area contributed by atoms with Crippen LogP contribution in [0.15, 0.2) is 66.7 Å². The summed E-state index contributed by atoms with van der Waals surface area (Å²) in [7, 11) is 3.28. The van der Waals surface area contributed by atoms with Crippen LogP contribution in [0.3, 0.4) is 0 Å². The highest BCUT2D eigenvalue weighted by molar-refractivity contribution is 5.43. The van der Waals surface area contributed by atoms with Gasteiger partial charge in [0.2, 0.25) is 0 Å². The highest BCUT2D eigenvalue weighted by atomic mass is 19.1. The molecule has 0 amide bonds. The third-order valence-corrected chi connectivity index (χ3v) is 4.35. The van der Waals surface area contributed by atoms with Gasteiger partial charge in [0, 0.05) is 13.1 Å². The summed E-state index contributed by atoms with van der Waals surface area (Å²) >= 11 is 0. The molecule has 0 bridgehead atoms. The van der Waals surface area contributed by atoms with Gasteiger partial charge in [-0.1, -0.05) is 30.3 Å². The van der Waals surface area contributed by atoms with E-state index in [1.54, 1.807) is 26.4 Å². The quantitative estimate of drug-likeness (QED) is 0.583. The highest BCUT2D eigenvalue weighted by Gasteiger charge is 2.07. The Morgan fingerprint density at radius 1 is 0.714 bits per heavy atom. The second kappa shape index (κ2) is 9.76. The molecule has 0 saturated carbocycles. The Hall–Kier alpha value is -3.05. The van der Waals surface area contributed by atoms with Gasteiger partial charge in [-0.25, -0.2) is 4.39 Å². The van der Waals surface area contributed by atoms with Crippen LogP contribution in [0, 0.1) is 5.82 Å². The van der Waals surface area contributed by atoms with Crippen molar-refractivity contribution in [1.29, 1.82) is 0 Å². The van der Waals surface area contributed by atoms with Crippen molar-refractivity contribution in [2.24, 2.45) is 0 Å². The molecule has 5 heteroatoms. The van der Waals surface area contributed by atoms with Gasteiger partial charge in [0.15, 0.2) is 11.5 Å². The van der Waals surface area contributed by atoms with Gasteiger partial charge >= 0.3 is 0 Å². The zero-order valence-electron chi connectivity index (χ0n) is 16.1. The van der Waals surface area contributed by atoms with Gasteiger partial charge in [-0.05, 0) is 53.1 Å². The Morgan fingerprint density at radius 3 is 2.04 bits per heavy atom. The zero-order chi connectivity index (χ0) is 19.8. The van der Waals surface area contributed by atoms with Crippen molar-refractivity contribution < 1.29 is 18.6 Å². The Labute approximate surface area is 164 Å². The summed E-state index contributed by atoms with van der Waals surface area (Å²) in [6.07, 6.45) is 0. The van der Waals surface area contributed by atoms with Crippen LogP contribution in [-0.2, 0) is 19.7 Å². The van der Waals surface area contributed by atoms with Crippen molar-refractivity contribution in [2.75, 3.05) is 14.2 Å². The second-order valence-corrected chi connectivity index (χ2v) is 6.35. The molecule has 0 unspecified atom stereocenters. The molecule has 0 heterocycles. The predicted octanol–water partition coefficient (Wildman–Crippen LogP) is 4.71. The van der Waals surface area contributed by atoms with Crippen LogP contribution < -0.4 is 19.5 Å². The Morgan fingerprint density at radius 2 is 1.36 bits per heavy atom. The number of hydrogen-bond donors (Lipinski definition) is 1. The van der Waals surface area contributed by atoms with Crippen molar-refractivity contribution >= 4 is 0 Å². The van der Waals surface area contributed by atoms with Crippen LogP contribution in [0.1, 0.15) is 16.7 Å². The van der Waals surface area contributed by atoms with E-state index in [0.717, 1.165) is 23.4 Å². The molecule has 0 atom stereocenters. The number of ether oxygens (including phenoxy) is 3. The van der Waals surface area contributed by atoms with Crippen molar-refractivity contribution in [3.63, 3.8) is 0 Å². The standard InChI is InChI=1S/C23H24FNO3/c1-26-21-10-5-17(6-11-21)14-25-15-19-7-12-22(23(13-19)27-2)28-16-18-3-8-20(24)9-4-18/h3-13,25H,14-16H2,1-2H3. The van der Waals surface area contributed by atoms with Crippen LogP contribution in [0.5, 0.6) is 17.2 Å². The third kappa shape index (κ3) is 5.47. The van der Waals surface area contributed by atoms with Crippen molar-refractivity contribution in [1.82, 2.24) is 5.32 Å². The first kappa shape index (κ1) is 19.7. The largest absolute Gasteiger partial charge is 0.497 e. The van der Waals surface area contributed by atoms with E-state index in [-0.39, 0.29) is 5.82 Å². The van der Waals surface area contributed by atoms with Gasteiger partial charge in [0.25, 0.3) is 0 Å². The molecular weight excluding hydrogens is 357 g/mol. The average Bonchev–Trinajstić information content (AvgIpc) is 2.74. The molecule has 3 aromatic rings. The maximum Gasteiger partial charge on any atom is 0.161 e. The smallest absolute Gasteiger partial charge is 0.161 e. The lowest BCUT2D eigenvalue weighted by molar-refractivity contribution is 0.284. The fourth-order valence-electron chi connectivity index (χ4n) is 2.78. The Kier molecular flexibility index (Phi) is 6.87. The molecule has 1 N–H and O–H groups in total. The van der Waals surface area contributed by atoms with Gasteiger partial charge in [-0.15, -0.1) is 0 Å². The van der Waals surface area contributed by atoms with E-state index in [1.807, 2.05) is 42.5 Å². The Bertz CT molecular complexity index is 879. The lowest BCUT2D eigenvalue weighted by Gasteiger charge is -2.13. The van der Waals surface area contributed by atoms with Gasteiger partial charge in [-0.2, -0.15) is 0 Å². The minimum atomic E-state index is -0.257. The first-order chi connectivity index (χ1) is 13.7. The molecule has 0 fully saturated rings. The minimum Gasteiger partial charge on any atom is -0.497 e. The topological polar surface area (TPSA) is 39.7 Å². The second-order valence-electron chi connectivity index (χ2n) is 6.35. The fourth-order valence-corrected chi connectivity index (χ4v) is 2.78. The van der Waals surface area contributed by atoms with Gasteiger partial charge in [-0.3, -0.25) is 0 Å². The molecular formula is C23H24FNO3. The van der Waals surface area contributed by atoms with Crippen LogP contribution >= 0.6 is 0 Å². The van der Waals surface area contributed by atoms with Crippen LogP contribution in [0.2, 0.25) is 0 Å². The summed E-state index contributed by atoms with van der Waals surface area (Å²) in [6.45, 7) is 1.82. The summed E-state index contributed by atoms with van der Waals surface area (Å²) in [5.41, 5.74) is 3.18. The molecule has 0 aliphatic rings. The fraction of sp³-hybridized carbons (Fsp3) is 0.217. The summed E-state index contributed by atoms with van der Waals surface area (Å²) in [4.78, 5) is 0. The van der Waals surface area contributed by atoms with Gasteiger partial charge in [0.05, 0.1) is 14.2 Å². The third-order valence-electron chi connectivity index (χ3n) is 4.35. The van der Waals surface area contributed by atoms with E-state index in [4.69, 9.17) is 14.2 Å². The number of benzene rings is 3. The first-order valence-electron chi connectivity index (χ1n) is 9.06. The highest BCUT2D eigenvalue weighted by Crippen LogP contribution is 2.29. The normalized spacial score (nSPS) is 10.5. The maximum absolute atomic E-state index is 13.0. The minimum absolute atomic E-state index is 0.257. The van der Waals surface area contributed by atoms with Crippen LogP contribution in [0.4, 0.5) is 4.39 Å². The van der Waals surface area contributed by atoms with Crippen LogP contribution in [0.25, 0.3) is 0 Å². The number of methoxy groups -OCH3 is 2. The van der Waals surface area contributed by atoms with E-state index in [9.17, 15) is 4.39 Å². The van der Waals surface area contributed by atoms with E-state index in [0.29, 0.717) is 24.7 Å². The monoisotopic (exact) mass is 381 g/mol. The predicted molar refractivity (Wildman–Crippen MR) is 107 cm³/mol. The van der Waals surface area contributed by atoms with Gasteiger partial charge < -0.3 is 19.5 Å². The van der Waals surface area contributed by atoms with Crippen molar-refractivity contribution in [3.8, 4) is 17.2 Å². The first-order valence-corrected chi connectivity index (χ1v) is 9.06. The van der Waals surface area contributed by atoms with Crippen molar-refractivity contribution in [3.05, 3.63) is 89.2 Å². The number of hydrogen-bond acceptors (Lipinski definition) is 4. The van der Waals surface area contributed by atoms with E-state index in [1.165, 1.54) is 17.7 Å². The van der Waals surface area contributed by atoms with Crippen LogP contribution in [-0.4, -0.2) is 14.2 Å². The summed E-state index contributed by atoms with van der Waals surface area (Å²) in [5.74, 6) is 1.93. The molecule has 0 aliphatic heterocycles. The lowest BCUT2D eigenvalue weighted by Crippen LogP contribution is -2.12. The Balaban J connectivity index is 1.55. The molecule has 0 spiro atoms. The molecule has 28 heavy (non-hydrogen) atoms. The molecule has 4 nitrogen and oxygen atoms in total. The summed E-state index contributed by atoms with van der Waals surface area (Å²) in [6, 6.07) is 20.1. The van der Waals surface area contributed by atoms with Crippen molar-refractivity contribution in [2.45, 2.75) is 19.7 Å². The number of rotatable bonds is 9. The van der Waals surface area contributed by atoms with E-state index < -0.39 is 0 Å². The molecule has 0 radical (unpaired) electrons. The molecule has 3 aromatic carbocycles. The molecule has 146 valence electrons. The molecule has 0 saturated heterocycles. The van der Waals surface area contributed by atoms with Gasteiger partial charge in [0.1, 0.15) is 18.2 Å². The zero-order valence-corrected chi connectivity index (χ0v) is 16.1. The lowest BCUT2D eigenvalue weighted by atomic mass is 10.1. The molecule has 0 aromatic heterocycles. The number of halogens is 1. The average molecular weight is 381 g/mol. The van der Waals surface area contributed by atoms with E-state index in [2.05, 4.69) is 5.32 Å². The maximum atomic E-state index is 13.0. The summed E-state index contributed by atoms with van der Waals surface area (Å²) < 4.78 is 29.4. The molecule has 0 aliphatic carbocycles. The summed E-state index contributed by atoms with van der Waals surface area (Å²) in [5, 5.41) is 3.42. The number of nitrogens with one attached hydrogen (secondary N) is 1. The SMILES string of the molecule is COc1ccc(CNCc2ccc(OCc3ccc(F)cc3)c(OC)c2)cc1. The molecule has 3 rings (SSSR count).